The molecule has 0 bridgehead atoms. The van der Waals surface area contributed by atoms with E-state index < -0.39 is 11.6 Å². The molecule has 31 heavy (non-hydrogen) atoms. The van der Waals surface area contributed by atoms with Gasteiger partial charge in [-0.1, -0.05) is 60.7 Å². The Kier molecular flexibility index (Phi) is 6.49. The van der Waals surface area contributed by atoms with Crippen LogP contribution in [0.25, 0.3) is 11.3 Å². The van der Waals surface area contributed by atoms with E-state index in [-0.39, 0.29) is 5.69 Å². The molecule has 0 spiro atoms. The van der Waals surface area contributed by atoms with E-state index in [1.165, 1.54) is 5.56 Å². The fourth-order valence-corrected chi connectivity index (χ4v) is 4.19. The molecule has 0 aliphatic carbocycles. The van der Waals surface area contributed by atoms with Crippen molar-refractivity contribution in [3.8, 4) is 11.3 Å². The maximum absolute atomic E-state index is 12.5. The van der Waals surface area contributed by atoms with E-state index in [1.54, 1.807) is 13.3 Å². The summed E-state index contributed by atoms with van der Waals surface area (Å²) in [6.45, 7) is 5.01. The van der Waals surface area contributed by atoms with Gasteiger partial charge in [0.25, 0.3) is 0 Å². The number of aromatic nitrogens is 2. The summed E-state index contributed by atoms with van der Waals surface area (Å²) in [6, 6.07) is 20.1. The Morgan fingerprint density at radius 1 is 1.06 bits per heavy atom. The van der Waals surface area contributed by atoms with E-state index in [4.69, 9.17) is 4.74 Å². The third kappa shape index (κ3) is 5.03. The molecule has 3 aromatic rings. The van der Waals surface area contributed by atoms with Gasteiger partial charge in [0.2, 0.25) is 0 Å². The fraction of sp³-hybridized carbons (Fsp3) is 0.360. The second-order valence-corrected chi connectivity index (χ2v) is 8.14. The Morgan fingerprint density at radius 3 is 2.35 bits per heavy atom. The van der Waals surface area contributed by atoms with Crippen molar-refractivity contribution in [2.24, 2.45) is 0 Å². The zero-order valence-electron chi connectivity index (χ0n) is 17.9. The van der Waals surface area contributed by atoms with Crippen molar-refractivity contribution >= 4 is 5.97 Å². The van der Waals surface area contributed by atoms with Crippen LogP contribution >= 0.6 is 0 Å². The molecule has 6 nitrogen and oxygen atoms in total. The molecule has 0 atom stereocenters. The van der Waals surface area contributed by atoms with Gasteiger partial charge in [0.05, 0.1) is 30.8 Å². The number of imidazole rings is 1. The smallest absolute Gasteiger partial charge is 0.359 e. The Morgan fingerprint density at radius 2 is 1.71 bits per heavy atom. The lowest BCUT2D eigenvalue weighted by molar-refractivity contribution is -0.0355. The topological polar surface area (TPSA) is 67.6 Å². The van der Waals surface area contributed by atoms with Crippen molar-refractivity contribution in [2.45, 2.75) is 38.5 Å². The summed E-state index contributed by atoms with van der Waals surface area (Å²) < 4.78 is 7.10. The minimum atomic E-state index is -0.844. The number of hydrogen-bond donors (Lipinski definition) is 1. The molecular weight excluding hydrogens is 390 g/mol. The van der Waals surface area contributed by atoms with Gasteiger partial charge in [0.15, 0.2) is 5.69 Å². The van der Waals surface area contributed by atoms with Gasteiger partial charge >= 0.3 is 5.97 Å². The molecule has 1 aliphatic rings. The van der Waals surface area contributed by atoms with Crippen LogP contribution < -0.4 is 0 Å². The van der Waals surface area contributed by atoms with Gasteiger partial charge in [0, 0.05) is 25.2 Å². The minimum absolute atomic E-state index is 0.290. The molecule has 1 N–H and O–H groups in total. The number of carbonyl (C=O) groups excluding carboxylic acids is 1. The molecule has 162 valence electrons. The van der Waals surface area contributed by atoms with Crippen molar-refractivity contribution in [3.63, 3.8) is 0 Å². The zero-order chi connectivity index (χ0) is 21.7. The molecule has 4 rings (SSSR count). The molecule has 0 unspecified atom stereocenters. The average molecular weight is 420 g/mol. The largest absolute Gasteiger partial charge is 0.461 e. The fourth-order valence-electron chi connectivity index (χ4n) is 4.19. The van der Waals surface area contributed by atoms with Crippen LogP contribution in [0.5, 0.6) is 0 Å². The quantitative estimate of drug-likeness (QED) is 0.591. The van der Waals surface area contributed by atoms with Crippen molar-refractivity contribution < 1.29 is 14.6 Å². The summed E-state index contributed by atoms with van der Waals surface area (Å²) in [5.74, 6) is -0.440. The first-order chi connectivity index (χ1) is 15.1. The number of esters is 1. The van der Waals surface area contributed by atoms with Gasteiger partial charge in [-0.05, 0) is 25.3 Å². The minimum Gasteiger partial charge on any atom is -0.461 e. The van der Waals surface area contributed by atoms with Crippen molar-refractivity contribution in [3.05, 3.63) is 78.2 Å². The zero-order valence-corrected chi connectivity index (χ0v) is 17.9. The number of benzene rings is 2. The first-order valence-electron chi connectivity index (χ1n) is 10.8. The van der Waals surface area contributed by atoms with Gasteiger partial charge in [0.1, 0.15) is 0 Å². The second-order valence-electron chi connectivity index (χ2n) is 8.14. The molecule has 2 heterocycles. The molecule has 0 saturated carbocycles. The summed E-state index contributed by atoms with van der Waals surface area (Å²) in [4.78, 5) is 19.2. The molecule has 1 aliphatic heterocycles. The summed E-state index contributed by atoms with van der Waals surface area (Å²) in [5.41, 5.74) is 2.31. The van der Waals surface area contributed by atoms with Crippen LogP contribution in [-0.4, -0.2) is 50.8 Å². The van der Waals surface area contributed by atoms with Crippen molar-refractivity contribution in [2.75, 3.05) is 19.7 Å². The molecule has 6 heteroatoms. The first kappa shape index (κ1) is 21.3. The van der Waals surface area contributed by atoms with Crippen LogP contribution in [0.15, 0.2) is 67.0 Å². The number of rotatable bonds is 7. The highest BCUT2D eigenvalue weighted by Crippen LogP contribution is 2.30. The van der Waals surface area contributed by atoms with Gasteiger partial charge in [-0.2, -0.15) is 0 Å². The number of piperidine rings is 1. The second kappa shape index (κ2) is 9.45. The summed E-state index contributed by atoms with van der Waals surface area (Å²) in [5, 5.41) is 11.3. The van der Waals surface area contributed by atoms with E-state index in [2.05, 4.69) is 34.1 Å². The average Bonchev–Trinajstić information content (AvgIpc) is 3.20. The molecule has 1 saturated heterocycles. The monoisotopic (exact) mass is 419 g/mol. The lowest BCUT2D eigenvalue weighted by Gasteiger charge is -2.38. The number of aliphatic hydroxyl groups is 1. The lowest BCUT2D eigenvalue weighted by Crippen LogP contribution is -2.46. The van der Waals surface area contributed by atoms with Crippen LogP contribution in [0.2, 0.25) is 0 Å². The Hall–Kier alpha value is -2.96. The van der Waals surface area contributed by atoms with E-state index in [9.17, 15) is 9.90 Å². The van der Waals surface area contributed by atoms with Crippen LogP contribution in [0.4, 0.5) is 0 Å². The van der Waals surface area contributed by atoms with E-state index in [0.29, 0.717) is 31.7 Å². The third-order valence-electron chi connectivity index (χ3n) is 5.85. The highest BCUT2D eigenvalue weighted by atomic mass is 16.5. The maximum Gasteiger partial charge on any atom is 0.359 e. The van der Waals surface area contributed by atoms with Gasteiger partial charge in [-0.25, -0.2) is 9.78 Å². The highest BCUT2D eigenvalue weighted by Gasteiger charge is 2.34. The maximum atomic E-state index is 12.5. The normalized spacial score (nSPS) is 16.2. The first-order valence-corrected chi connectivity index (χ1v) is 10.8. The van der Waals surface area contributed by atoms with Crippen molar-refractivity contribution in [1.29, 1.82) is 0 Å². The molecule has 2 aromatic carbocycles. The predicted octanol–water partition coefficient (Wildman–Crippen LogP) is 3.75. The number of carbonyl (C=O) groups is 1. The molecule has 1 aromatic heterocycles. The standard InChI is InChI=1S/C25H29N3O3/c1-2-31-24(29)22-23(21-11-7-4-8-12-21)28(19-26-22)18-25(30)13-15-27(16-14-25)17-20-9-5-3-6-10-20/h3-12,19,30H,2,13-18H2,1H3. The van der Waals surface area contributed by atoms with Crippen LogP contribution in [-0.2, 0) is 17.8 Å². The van der Waals surface area contributed by atoms with Gasteiger partial charge in [-0.3, -0.25) is 4.90 Å². The van der Waals surface area contributed by atoms with Crippen LogP contribution in [0.1, 0.15) is 35.8 Å². The van der Waals surface area contributed by atoms with E-state index in [1.807, 2.05) is 41.0 Å². The highest BCUT2D eigenvalue weighted by molar-refractivity contribution is 5.94. The third-order valence-corrected chi connectivity index (χ3v) is 5.85. The molecule has 1 fully saturated rings. The molecule has 0 radical (unpaired) electrons. The number of nitrogens with zero attached hydrogens (tertiary/aromatic N) is 3. The van der Waals surface area contributed by atoms with Crippen molar-refractivity contribution in [1.82, 2.24) is 14.5 Å². The predicted molar refractivity (Wildman–Crippen MR) is 120 cm³/mol. The number of hydrogen-bond acceptors (Lipinski definition) is 5. The Bertz CT molecular complexity index is 993. The molecular formula is C25H29N3O3. The molecule has 0 amide bonds. The Balaban J connectivity index is 1.50. The SMILES string of the molecule is CCOC(=O)c1ncn(CC2(O)CCN(Cc3ccccc3)CC2)c1-c1ccccc1. The lowest BCUT2D eigenvalue weighted by atomic mass is 9.90. The Labute approximate surface area is 183 Å². The van der Waals surface area contributed by atoms with Crippen LogP contribution in [0.3, 0.4) is 0 Å². The van der Waals surface area contributed by atoms with Crippen LogP contribution in [0, 0.1) is 0 Å². The summed E-state index contributed by atoms with van der Waals surface area (Å²) in [6.07, 6.45) is 2.98. The van der Waals surface area contributed by atoms with Gasteiger partial charge < -0.3 is 14.4 Å². The summed E-state index contributed by atoms with van der Waals surface area (Å²) in [7, 11) is 0. The van der Waals surface area contributed by atoms with Gasteiger partial charge in [-0.15, -0.1) is 0 Å². The summed E-state index contributed by atoms with van der Waals surface area (Å²) >= 11 is 0. The number of ether oxygens (including phenoxy) is 1. The van der Waals surface area contributed by atoms with E-state index in [0.717, 1.165) is 25.2 Å². The number of likely N-dealkylation sites (tertiary alicyclic amines) is 1. The van der Waals surface area contributed by atoms with E-state index >= 15 is 0 Å².